The van der Waals surface area contributed by atoms with E-state index in [1.54, 1.807) is 17.9 Å². The molecule has 2 aromatic heterocycles. The van der Waals surface area contributed by atoms with Gasteiger partial charge in [0, 0.05) is 18.4 Å². The van der Waals surface area contributed by atoms with E-state index in [4.69, 9.17) is 5.26 Å². The van der Waals surface area contributed by atoms with Crippen LogP contribution in [0.5, 0.6) is 0 Å². The molecule has 0 spiro atoms. The molecule has 3 heterocycles. The van der Waals surface area contributed by atoms with E-state index in [0.717, 1.165) is 5.56 Å². The monoisotopic (exact) mass is 402 g/mol. The van der Waals surface area contributed by atoms with Crippen LogP contribution in [-0.4, -0.2) is 44.3 Å². The fraction of sp³-hybridized carbons (Fsp3) is 0.273. The lowest BCUT2D eigenvalue weighted by atomic mass is 9.99. The average molecular weight is 402 g/mol. The molecule has 152 valence electrons. The standard InChI is InChI=1S/C22H22N6O2/c1-13-19(26-14(2)25-13)21(29)27-17-8-9-28(20(17)16-6-4-3-5-7-16)22(30)18-10-15(11-23)12-24-18/h3-7,10,12,17,20,24H,8-9H2,1-2H3,(H,25,26)(H,27,29)/t17-,20+/m1/s1. The third-order valence-corrected chi connectivity index (χ3v) is 5.38. The second-order valence-corrected chi connectivity index (χ2v) is 7.43. The van der Waals surface area contributed by atoms with Crippen LogP contribution in [0.25, 0.3) is 0 Å². The van der Waals surface area contributed by atoms with Crippen LogP contribution in [0.15, 0.2) is 42.6 Å². The van der Waals surface area contributed by atoms with Gasteiger partial charge in [-0.15, -0.1) is 0 Å². The molecular formula is C22H22N6O2. The molecule has 8 heteroatoms. The highest BCUT2D eigenvalue weighted by molar-refractivity contribution is 5.95. The summed E-state index contributed by atoms with van der Waals surface area (Å²) in [5, 5.41) is 12.1. The maximum absolute atomic E-state index is 13.2. The minimum Gasteiger partial charge on any atom is -0.356 e. The summed E-state index contributed by atoms with van der Waals surface area (Å²) >= 11 is 0. The van der Waals surface area contributed by atoms with Crippen LogP contribution < -0.4 is 5.32 Å². The largest absolute Gasteiger partial charge is 0.356 e. The van der Waals surface area contributed by atoms with Crippen LogP contribution in [0.1, 0.15) is 56.1 Å². The predicted molar refractivity (Wildman–Crippen MR) is 110 cm³/mol. The number of likely N-dealkylation sites (tertiary alicyclic amines) is 1. The second kappa shape index (κ2) is 7.87. The second-order valence-electron chi connectivity index (χ2n) is 7.43. The Kier molecular flexibility index (Phi) is 5.11. The number of aromatic amines is 2. The summed E-state index contributed by atoms with van der Waals surface area (Å²) < 4.78 is 0. The third kappa shape index (κ3) is 3.57. The first-order valence-electron chi connectivity index (χ1n) is 9.76. The van der Waals surface area contributed by atoms with E-state index in [2.05, 4.69) is 20.3 Å². The number of rotatable bonds is 4. The number of aryl methyl sites for hydroxylation is 2. The number of benzene rings is 1. The van der Waals surface area contributed by atoms with Gasteiger partial charge < -0.3 is 20.2 Å². The Balaban J connectivity index is 1.62. The van der Waals surface area contributed by atoms with Crippen molar-refractivity contribution in [2.24, 2.45) is 0 Å². The van der Waals surface area contributed by atoms with Crippen molar-refractivity contribution >= 4 is 11.8 Å². The number of nitrogens with one attached hydrogen (secondary N) is 3. The van der Waals surface area contributed by atoms with Crippen molar-refractivity contribution in [3.63, 3.8) is 0 Å². The Morgan fingerprint density at radius 3 is 2.67 bits per heavy atom. The number of hydrogen-bond donors (Lipinski definition) is 3. The molecule has 0 aliphatic carbocycles. The molecule has 0 radical (unpaired) electrons. The van der Waals surface area contributed by atoms with Gasteiger partial charge in [-0.3, -0.25) is 9.59 Å². The van der Waals surface area contributed by atoms with E-state index in [9.17, 15) is 9.59 Å². The summed E-state index contributed by atoms with van der Waals surface area (Å²) in [6, 6.07) is 12.6. The summed E-state index contributed by atoms with van der Waals surface area (Å²) in [5.74, 6) is 0.221. The van der Waals surface area contributed by atoms with Crippen molar-refractivity contribution in [1.29, 1.82) is 5.26 Å². The van der Waals surface area contributed by atoms with Gasteiger partial charge in [0.15, 0.2) is 0 Å². The van der Waals surface area contributed by atoms with Crippen molar-refractivity contribution in [2.75, 3.05) is 6.54 Å². The third-order valence-electron chi connectivity index (χ3n) is 5.38. The Morgan fingerprint density at radius 1 is 1.27 bits per heavy atom. The van der Waals surface area contributed by atoms with Gasteiger partial charge in [-0.05, 0) is 31.9 Å². The molecule has 1 aromatic carbocycles. The molecule has 2 amide bonds. The molecule has 0 bridgehead atoms. The number of carbonyl (C=O) groups excluding carboxylic acids is 2. The van der Waals surface area contributed by atoms with Gasteiger partial charge in [0.2, 0.25) is 0 Å². The first-order chi connectivity index (χ1) is 14.5. The van der Waals surface area contributed by atoms with Crippen LogP contribution in [-0.2, 0) is 0 Å². The number of amides is 2. The highest BCUT2D eigenvalue weighted by Gasteiger charge is 2.40. The van der Waals surface area contributed by atoms with Gasteiger partial charge in [0.25, 0.3) is 11.8 Å². The van der Waals surface area contributed by atoms with Crippen molar-refractivity contribution in [3.05, 3.63) is 76.6 Å². The number of aromatic nitrogens is 3. The lowest BCUT2D eigenvalue weighted by molar-refractivity contribution is 0.0709. The lowest BCUT2D eigenvalue weighted by Crippen LogP contribution is -2.41. The quantitative estimate of drug-likeness (QED) is 0.622. The number of H-pyrrole nitrogens is 2. The Bertz CT molecular complexity index is 1120. The molecule has 2 atom stereocenters. The Morgan fingerprint density at radius 2 is 2.03 bits per heavy atom. The van der Waals surface area contributed by atoms with Gasteiger partial charge in [-0.25, -0.2) is 4.98 Å². The Hall–Kier alpha value is -3.86. The van der Waals surface area contributed by atoms with E-state index in [1.165, 1.54) is 6.20 Å². The van der Waals surface area contributed by atoms with Gasteiger partial charge in [0.05, 0.1) is 17.6 Å². The normalized spacial score (nSPS) is 18.2. The smallest absolute Gasteiger partial charge is 0.272 e. The van der Waals surface area contributed by atoms with Crippen LogP contribution in [0.3, 0.4) is 0 Å². The van der Waals surface area contributed by atoms with Crippen molar-refractivity contribution < 1.29 is 9.59 Å². The summed E-state index contributed by atoms with van der Waals surface area (Å²) in [5.41, 5.74) is 2.78. The van der Waals surface area contributed by atoms with Gasteiger partial charge in [-0.2, -0.15) is 5.26 Å². The number of nitrogens with zero attached hydrogens (tertiary/aromatic N) is 3. The fourth-order valence-electron chi connectivity index (χ4n) is 4.04. The number of nitriles is 1. The minimum absolute atomic E-state index is 0.200. The fourth-order valence-corrected chi connectivity index (χ4v) is 4.04. The SMILES string of the molecule is Cc1nc(C(=O)N[C@@H]2CCN(C(=O)c3cc(C#N)c[nH]3)[C@H]2c2ccccc2)c(C)[nH]1. The first-order valence-corrected chi connectivity index (χ1v) is 9.76. The molecule has 3 aromatic rings. The van der Waals surface area contributed by atoms with Gasteiger partial charge in [0.1, 0.15) is 23.3 Å². The van der Waals surface area contributed by atoms with E-state index < -0.39 is 0 Å². The van der Waals surface area contributed by atoms with E-state index in [-0.39, 0.29) is 23.9 Å². The zero-order valence-electron chi connectivity index (χ0n) is 16.8. The van der Waals surface area contributed by atoms with Crippen LogP contribution >= 0.6 is 0 Å². The topological polar surface area (TPSA) is 118 Å². The van der Waals surface area contributed by atoms with Crippen molar-refractivity contribution in [2.45, 2.75) is 32.4 Å². The molecule has 1 fully saturated rings. The number of hydrogen-bond acceptors (Lipinski definition) is 4. The lowest BCUT2D eigenvalue weighted by Gasteiger charge is -2.29. The van der Waals surface area contributed by atoms with Crippen molar-refractivity contribution in [3.8, 4) is 6.07 Å². The van der Waals surface area contributed by atoms with E-state index in [1.807, 2.05) is 43.3 Å². The van der Waals surface area contributed by atoms with Crippen LogP contribution in [0.4, 0.5) is 0 Å². The van der Waals surface area contributed by atoms with E-state index in [0.29, 0.717) is 41.4 Å². The summed E-state index contributed by atoms with van der Waals surface area (Å²) in [4.78, 5) is 38.0. The maximum atomic E-state index is 13.2. The summed E-state index contributed by atoms with van der Waals surface area (Å²) in [6.07, 6.45) is 2.13. The first kappa shape index (κ1) is 19.5. The average Bonchev–Trinajstić information content (AvgIpc) is 3.46. The van der Waals surface area contributed by atoms with Gasteiger partial charge in [-0.1, -0.05) is 30.3 Å². The maximum Gasteiger partial charge on any atom is 0.272 e. The van der Waals surface area contributed by atoms with Crippen LogP contribution in [0, 0.1) is 25.2 Å². The van der Waals surface area contributed by atoms with Crippen molar-refractivity contribution in [1.82, 2.24) is 25.2 Å². The Labute approximate surface area is 173 Å². The molecule has 8 nitrogen and oxygen atoms in total. The van der Waals surface area contributed by atoms with E-state index >= 15 is 0 Å². The molecule has 0 unspecified atom stereocenters. The van der Waals surface area contributed by atoms with Crippen LogP contribution in [0.2, 0.25) is 0 Å². The molecule has 1 aliphatic heterocycles. The molecule has 30 heavy (non-hydrogen) atoms. The molecule has 3 N–H and O–H groups in total. The zero-order valence-corrected chi connectivity index (χ0v) is 16.8. The number of carbonyl (C=O) groups is 2. The predicted octanol–water partition coefficient (Wildman–Crippen LogP) is 2.61. The molecule has 1 saturated heterocycles. The molecular weight excluding hydrogens is 380 g/mol. The van der Waals surface area contributed by atoms with Gasteiger partial charge >= 0.3 is 0 Å². The zero-order chi connectivity index (χ0) is 21.3. The summed E-state index contributed by atoms with van der Waals surface area (Å²) in [6.45, 7) is 4.10. The molecule has 0 saturated carbocycles. The highest BCUT2D eigenvalue weighted by Crippen LogP contribution is 2.33. The molecule has 1 aliphatic rings. The minimum atomic E-state index is -0.322. The molecule has 4 rings (SSSR count). The summed E-state index contributed by atoms with van der Waals surface area (Å²) in [7, 11) is 0. The highest BCUT2D eigenvalue weighted by atomic mass is 16.2. The number of imidazole rings is 1.